The number of nitrogens with one attached hydrogen (secondary N) is 3. The van der Waals surface area contributed by atoms with E-state index in [0.29, 0.717) is 6.61 Å². The summed E-state index contributed by atoms with van der Waals surface area (Å²) < 4.78 is 5.39. The molecule has 0 bridgehead atoms. The number of H-pyrrole nitrogens is 1. The minimum Gasteiger partial charge on any atom is -0.494 e. The van der Waals surface area contributed by atoms with Gasteiger partial charge in [-0.3, -0.25) is 4.79 Å². The van der Waals surface area contributed by atoms with Crippen molar-refractivity contribution in [3.05, 3.63) is 59.8 Å². The Morgan fingerprint density at radius 3 is 2.73 bits per heavy atom. The number of amides is 1. The first-order valence-electron chi connectivity index (χ1n) is 8.53. The van der Waals surface area contributed by atoms with E-state index in [9.17, 15) is 4.79 Å². The summed E-state index contributed by atoms with van der Waals surface area (Å²) in [6, 6.07) is 15.5. The number of hydrazone groups is 1. The molecule has 26 heavy (non-hydrogen) atoms. The molecule has 6 nitrogen and oxygen atoms in total. The van der Waals surface area contributed by atoms with E-state index >= 15 is 0 Å². The second-order valence-corrected chi connectivity index (χ2v) is 5.81. The standard InChI is InChI=1S/C20H22N4O2/c1-3-26-16-10-8-15(9-11-16)21-13-20(25)24-22-12-18-14(2)23-19-7-5-4-6-17(18)19/h4-12,21,23H,3,13H2,1-2H3,(H,24,25)/b22-12-. The molecule has 0 unspecified atom stereocenters. The van der Waals surface area contributed by atoms with Gasteiger partial charge in [-0.15, -0.1) is 0 Å². The van der Waals surface area contributed by atoms with Gasteiger partial charge in [0.25, 0.3) is 5.91 Å². The second-order valence-electron chi connectivity index (χ2n) is 5.81. The molecule has 2 aromatic carbocycles. The van der Waals surface area contributed by atoms with Crippen molar-refractivity contribution >= 4 is 28.7 Å². The molecular weight excluding hydrogens is 328 g/mol. The zero-order valence-corrected chi connectivity index (χ0v) is 14.9. The van der Waals surface area contributed by atoms with E-state index < -0.39 is 0 Å². The number of aryl methyl sites for hydroxylation is 1. The van der Waals surface area contributed by atoms with Gasteiger partial charge in [0.1, 0.15) is 5.75 Å². The number of aromatic amines is 1. The van der Waals surface area contributed by atoms with E-state index in [4.69, 9.17) is 4.74 Å². The van der Waals surface area contributed by atoms with Crippen molar-refractivity contribution in [3.8, 4) is 5.75 Å². The summed E-state index contributed by atoms with van der Waals surface area (Å²) in [7, 11) is 0. The van der Waals surface area contributed by atoms with Crippen LogP contribution in [0.5, 0.6) is 5.75 Å². The molecule has 1 aromatic heterocycles. The third-order valence-electron chi connectivity index (χ3n) is 3.94. The van der Waals surface area contributed by atoms with Crippen molar-refractivity contribution in [2.24, 2.45) is 5.10 Å². The van der Waals surface area contributed by atoms with Crippen molar-refractivity contribution in [1.82, 2.24) is 10.4 Å². The van der Waals surface area contributed by atoms with Gasteiger partial charge in [-0.25, -0.2) is 5.43 Å². The number of carbonyl (C=O) groups excluding carboxylic acids is 1. The summed E-state index contributed by atoms with van der Waals surface area (Å²) in [5.74, 6) is 0.592. The maximum atomic E-state index is 11.9. The lowest BCUT2D eigenvalue weighted by Gasteiger charge is -2.07. The fourth-order valence-corrected chi connectivity index (χ4v) is 2.69. The largest absolute Gasteiger partial charge is 0.494 e. The molecule has 1 amide bonds. The van der Waals surface area contributed by atoms with Crippen LogP contribution >= 0.6 is 0 Å². The molecule has 3 rings (SSSR count). The summed E-state index contributed by atoms with van der Waals surface area (Å²) in [5, 5.41) is 8.20. The summed E-state index contributed by atoms with van der Waals surface area (Å²) in [4.78, 5) is 15.2. The number of fused-ring (bicyclic) bond motifs is 1. The molecule has 134 valence electrons. The molecule has 3 aromatic rings. The van der Waals surface area contributed by atoms with E-state index in [0.717, 1.165) is 33.6 Å². The highest BCUT2D eigenvalue weighted by Gasteiger charge is 2.05. The van der Waals surface area contributed by atoms with Crippen LogP contribution < -0.4 is 15.5 Å². The van der Waals surface area contributed by atoms with Crippen molar-refractivity contribution < 1.29 is 9.53 Å². The summed E-state index contributed by atoms with van der Waals surface area (Å²) in [6.45, 7) is 4.69. The zero-order valence-electron chi connectivity index (χ0n) is 14.9. The average molecular weight is 350 g/mol. The molecule has 0 fully saturated rings. The fraction of sp³-hybridized carbons (Fsp3) is 0.200. The van der Waals surface area contributed by atoms with Crippen LogP contribution in [0.1, 0.15) is 18.2 Å². The molecule has 6 heteroatoms. The quantitative estimate of drug-likeness (QED) is 0.451. The lowest BCUT2D eigenvalue weighted by molar-refractivity contribution is -0.119. The molecule has 0 aliphatic rings. The molecule has 0 saturated heterocycles. The summed E-state index contributed by atoms with van der Waals surface area (Å²) >= 11 is 0. The number of nitrogens with zero attached hydrogens (tertiary/aromatic N) is 1. The highest BCUT2D eigenvalue weighted by molar-refractivity contribution is 6.00. The Hall–Kier alpha value is -3.28. The van der Waals surface area contributed by atoms with Crippen molar-refractivity contribution in [2.45, 2.75) is 13.8 Å². The number of aromatic nitrogens is 1. The summed E-state index contributed by atoms with van der Waals surface area (Å²) in [5.41, 5.74) is 6.43. The molecule has 0 atom stereocenters. The molecule has 3 N–H and O–H groups in total. The van der Waals surface area contributed by atoms with Crippen LogP contribution in [-0.2, 0) is 4.79 Å². The van der Waals surface area contributed by atoms with E-state index in [1.54, 1.807) is 6.21 Å². The van der Waals surface area contributed by atoms with Crippen LogP contribution in [-0.4, -0.2) is 30.3 Å². The second kappa shape index (κ2) is 8.20. The topological polar surface area (TPSA) is 78.5 Å². The van der Waals surface area contributed by atoms with Crippen molar-refractivity contribution in [2.75, 3.05) is 18.5 Å². The van der Waals surface area contributed by atoms with Crippen LogP contribution in [0.15, 0.2) is 53.6 Å². The van der Waals surface area contributed by atoms with Gasteiger partial charge in [0.2, 0.25) is 0 Å². The third kappa shape index (κ3) is 4.22. The third-order valence-corrected chi connectivity index (χ3v) is 3.94. The first-order valence-corrected chi connectivity index (χ1v) is 8.53. The predicted molar refractivity (Wildman–Crippen MR) is 105 cm³/mol. The predicted octanol–water partition coefficient (Wildman–Crippen LogP) is 3.44. The number of rotatable bonds is 7. The Balaban J connectivity index is 1.53. The Kier molecular flexibility index (Phi) is 5.53. The number of carbonyl (C=O) groups is 1. The summed E-state index contributed by atoms with van der Waals surface area (Å²) in [6.07, 6.45) is 1.67. The number of hydrogen-bond acceptors (Lipinski definition) is 4. The number of anilines is 1. The number of hydrogen-bond donors (Lipinski definition) is 3. The molecule has 1 heterocycles. The van der Waals surface area contributed by atoms with Gasteiger partial charge in [0.05, 0.1) is 19.4 Å². The van der Waals surface area contributed by atoms with E-state index in [1.165, 1.54) is 0 Å². The van der Waals surface area contributed by atoms with Crippen LogP contribution in [0.25, 0.3) is 10.9 Å². The van der Waals surface area contributed by atoms with Gasteiger partial charge in [-0.2, -0.15) is 5.10 Å². The van der Waals surface area contributed by atoms with Crippen LogP contribution in [0.3, 0.4) is 0 Å². The molecular formula is C20H22N4O2. The van der Waals surface area contributed by atoms with E-state index in [-0.39, 0.29) is 12.5 Å². The van der Waals surface area contributed by atoms with Gasteiger partial charge in [-0.05, 0) is 44.2 Å². The highest BCUT2D eigenvalue weighted by Crippen LogP contribution is 2.19. The first-order chi connectivity index (χ1) is 12.7. The van der Waals surface area contributed by atoms with Crippen molar-refractivity contribution in [1.29, 1.82) is 0 Å². The molecule has 0 aliphatic heterocycles. The normalized spacial score (nSPS) is 11.0. The van der Waals surface area contributed by atoms with Crippen LogP contribution in [0.2, 0.25) is 0 Å². The maximum absolute atomic E-state index is 11.9. The lowest BCUT2D eigenvalue weighted by Crippen LogP contribution is -2.25. The van der Waals surface area contributed by atoms with Crippen molar-refractivity contribution in [3.63, 3.8) is 0 Å². The average Bonchev–Trinajstić information content (AvgIpc) is 2.97. The number of benzene rings is 2. The Bertz CT molecular complexity index is 913. The fourth-order valence-electron chi connectivity index (χ4n) is 2.69. The molecule has 0 aliphatic carbocycles. The maximum Gasteiger partial charge on any atom is 0.259 e. The van der Waals surface area contributed by atoms with Gasteiger partial charge in [0.15, 0.2) is 0 Å². The minimum absolute atomic E-state index is 0.137. The minimum atomic E-state index is -0.215. The smallest absolute Gasteiger partial charge is 0.259 e. The Labute approximate surface area is 152 Å². The monoisotopic (exact) mass is 350 g/mol. The van der Waals surface area contributed by atoms with Gasteiger partial charge >= 0.3 is 0 Å². The number of para-hydroxylation sites is 1. The molecule has 0 radical (unpaired) electrons. The first kappa shape index (κ1) is 17.5. The molecule has 0 spiro atoms. The van der Waals surface area contributed by atoms with Gasteiger partial charge in [0, 0.05) is 27.8 Å². The van der Waals surface area contributed by atoms with E-state index in [1.807, 2.05) is 62.4 Å². The zero-order chi connectivity index (χ0) is 18.4. The lowest BCUT2D eigenvalue weighted by atomic mass is 10.1. The van der Waals surface area contributed by atoms with Crippen LogP contribution in [0.4, 0.5) is 5.69 Å². The number of ether oxygens (including phenoxy) is 1. The van der Waals surface area contributed by atoms with E-state index in [2.05, 4.69) is 20.8 Å². The highest BCUT2D eigenvalue weighted by atomic mass is 16.5. The SMILES string of the molecule is CCOc1ccc(NCC(=O)N/N=C\c2c(C)[nH]c3ccccc23)cc1. The van der Waals surface area contributed by atoms with Gasteiger partial charge < -0.3 is 15.0 Å². The Morgan fingerprint density at radius 1 is 1.19 bits per heavy atom. The van der Waals surface area contributed by atoms with Crippen LogP contribution in [0, 0.1) is 6.92 Å². The Morgan fingerprint density at radius 2 is 1.96 bits per heavy atom. The van der Waals surface area contributed by atoms with Gasteiger partial charge in [-0.1, -0.05) is 18.2 Å². The molecule has 0 saturated carbocycles.